The van der Waals surface area contributed by atoms with Crippen LogP contribution in [0.25, 0.3) is 0 Å². The van der Waals surface area contributed by atoms with Gasteiger partial charge in [-0.05, 0) is 14.0 Å². The van der Waals surface area contributed by atoms with E-state index in [1.807, 2.05) is 11.8 Å². The third-order valence-corrected chi connectivity index (χ3v) is 5.34. The van der Waals surface area contributed by atoms with Gasteiger partial charge in [-0.1, -0.05) is 0 Å². The van der Waals surface area contributed by atoms with E-state index < -0.39 is 0 Å². The second kappa shape index (κ2) is 8.09. The second-order valence-electron chi connectivity index (χ2n) is 7.42. The molecule has 2 saturated heterocycles. The molecule has 2 aliphatic rings. The van der Waals surface area contributed by atoms with Gasteiger partial charge >= 0.3 is 0 Å². The molecule has 2 aliphatic heterocycles. The van der Waals surface area contributed by atoms with Crippen LogP contribution in [0.3, 0.4) is 0 Å². The summed E-state index contributed by atoms with van der Waals surface area (Å²) in [4.78, 5) is 34.5. The van der Waals surface area contributed by atoms with Gasteiger partial charge in [0.1, 0.15) is 25.0 Å². The Hall–Kier alpha value is -2.75. The van der Waals surface area contributed by atoms with Crippen LogP contribution < -0.4 is 9.80 Å². The van der Waals surface area contributed by atoms with E-state index in [0.717, 1.165) is 56.7 Å². The van der Waals surface area contributed by atoms with Gasteiger partial charge in [-0.25, -0.2) is 14.6 Å². The fourth-order valence-electron chi connectivity index (χ4n) is 3.58. The van der Waals surface area contributed by atoms with Crippen LogP contribution in [0.5, 0.6) is 0 Å². The summed E-state index contributed by atoms with van der Waals surface area (Å²) in [6, 6.07) is 2.06. The van der Waals surface area contributed by atoms with Gasteiger partial charge in [-0.3, -0.25) is 4.79 Å². The Labute approximate surface area is 164 Å². The predicted molar refractivity (Wildman–Crippen MR) is 105 cm³/mol. The first-order chi connectivity index (χ1) is 13.6. The third kappa shape index (κ3) is 4.22. The first-order valence-corrected chi connectivity index (χ1v) is 9.73. The van der Waals surface area contributed by atoms with Crippen LogP contribution in [0.4, 0.5) is 11.8 Å². The number of hydrogen-bond donors (Lipinski definition) is 0. The van der Waals surface area contributed by atoms with Crippen molar-refractivity contribution in [3.63, 3.8) is 0 Å². The molecule has 0 N–H and O–H groups in total. The zero-order valence-corrected chi connectivity index (χ0v) is 16.5. The van der Waals surface area contributed by atoms with Crippen molar-refractivity contribution in [3.05, 3.63) is 24.4 Å². The lowest BCUT2D eigenvalue weighted by atomic mass is 10.3. The van der Waals surface area contributed by atoms with Crippen molar-refractivity contribution in [1.82, 2.24) is 34.5 Å². The molecular formula is C18H27N9O. The molecule has 150 valence electrons. The van der Waals surface area contributed by atoms with Crippen molar-refractivity contribution in [1.29, 1.82) is 0 Å². The van der Waals surface area contributed by atoms with Gasteiger partial charge in [0.05, 0.1) is 0 Å². The van der Waals surface area contributed by atoms with E-state index in [0.29, 0.717) is 13.1 Å². The van der Waals surface area contributed by atoms with Crippen molar-refractivity contribution < 1.29 is 4.79 Å². The summed E-state index contributed by atoms with van der Waals surface area (Å²) in [5.41, 5.74) is 0.976. The monoisotopic (exact) mass is 385 g/mol. The standard InChI is InChI=1S/C18H27N9O/c1-15-11-16(24-5-3-23(2)4-6-24)22-18(21-15)26-9-7-25(8-10-26)17(28)12-27-14-19-13-20-27/h11,13-14H,3-10,12H2,1-2H3. The van der Waals surface area contributed by atoms with Crippen LogP contribution in [0.1, 0.15) is 5.69 Å². The van der Waals surface area contributed by atoms with E-state index in [1.54, 1.807) is 11.0 Å². The minimum atomic E-state index is 0.0634. The molecule has 2 aromatic heterocycles. The number of nitrogens with zero attached hydrogens (tertiary/aromatic N) is 9. The number of anilines is 2. The van der Waals surface area contributed by atoms with Crippen molar-refractivity contribution in [2.75, 3.05) is 69.2 Å². The molecule has 0 spiro atoms. The van der Waals surface area contributed by atoms with E-state index >= 15 is 0 Å². The Morgan fingerprint density at radius 2 is 1.71 bits per heavy atom. The summed E-state index contributed by atoms with van der Waals surface area (Å²) in [6.45, 7) is 9.09. The Bertz CT molecular complexity index is 793. The quantitative estimate of drug-likeness (QED) is 0.695. The highest BCUT2D eigenvalue weighted by molar-refractivity contribution is 5.76. The minimum absolute atomic E-state index is 0.0634. The number of piperazine rings is 2. The van der Waals surface area contributed by atoms with Crippen LogP contribution in [-0.4, -0.2) is 99.8 Å². The maximum Gasteiger partial charge on any atom is 0.244 e. The van der Waals surface area contributed by atoms with Gasteiger partial charge in [0.25, 0.3) is 0 Å². The van der Waals surface area contributed by atoms with E-state index in [9.17, 15) is 4.79 Å². The second-order valence-corrected chi connectivity index (χ2v) is 7.42. The van der Waals surface area contributed by atoms with E-state index in [4.69, 9.17) is 4.98 Å². The molecular weight excluding hydrogens is 358 g/mol. The molecule has 0 radical (unpaired) electrons. The Morgan fingerprint density at radius 3 is 2.39 bits per heavy atom. The van der Waals surface area contributed by atoms with Gasteiger partial charge in [-0.15, -0.1) is 0 Å². The molecule has 0 unspecified atom stereocenters. The smallest absolute Gasteiger partial charge is 0.244 e. The molecule has 4 heterocycles. The molecule has 2 aromatic rings. The number of hydrogen-bond acceptors (Lipinski definition) is 8. The Kier molecular flexibility index (Phi) is 5.38. The fraction of sp³-hybridized carbons (Fsp3) is 0.611. The summed E-state index contributed by atoms with van der Waals surface area (Å²) in [7, 11) is 2.15. The summed E-state index contributed by atoms with van der Waals surface area (Å²) in [5, 5.41) is 4.00. The van der Waals surface area contributed by atoms with Gasteiger partial charge in [0.2, 0.25) is 11.9 Å². The third-order valence-electron chi connectivity index (χ3n) is 5.34. The summed E-state index contributed by atoms with van der Waals surface area (Å²) >= 11 is 0. The number of likely N-dealkylation sites (N-methyl/N-ethyl adjacent to an activating group) is 1. The van der Waals surface area contributed by atoms with E-state index in [1.165, 1.54) is 6.33 Å². The zero-order chi connectivity index (χ0) is 19.5. The fourth-order valence-corrected chi connectivity index (χ4v) is 3.58. The lowest BCUT2D eigenvalue weighted by Crippen LogP contribution is -2.50. The van der Waals surface area contributed by atoms with Gasteiger partial charge in [0, 0.05) is 64.1 Å². The largest absolute Gasteiger partial charge is 0.354 e. The summed E-state index contributed by atoms with van der Waals surface area (Å²) in [5.74, 6) is 1.83. The van der Waals surface area contributed by atoms with Crippen molar-refractivity contribution in [2.24, 2.45) is 0 Å². The molecule has 4 rings (SSSR count). The number of carbonyl (C=O) groups excluding carboxylic acids is 1. The molecule has 28 heavy (non-hydrogen) atoms. The first-order valence-electron chi connectivity index (χ1n) is 9.73. The molecule has 10 nitrogen and oxygen atoms in total. The average molecular weight is 385 g/mol. The topological polar surface area (TPSA) is 86.5 Å². The van der Waals surface area contributed by atoms with Crippen LogP contribution >= 0.6 is 0 Å². The normalized spacial score (nSPS) is 18.6. The number of aromatic nitrogens is 5. The highest BCUT2D eigenvalue weighted by Crippen LogP contribution is 2.20. The summed E-state index contributed by atoms with van der Waals surface area (Å²) in [6.07, 6.45) is 3.01. The zero-order valence-electron chi connectivity index (χ0n) is 16.5. The lowest BCUT2D eigenvalue weighted by Gasteiger charge is -2.36. The molecule has 0 atom stereocenters. The number of rotatable bonds is 4. The number of carbonyl (C=O) groups is 1. The van der Waals surface area contributed by atoms with E-state index in [-0.39, 0.29) is 12.5 Å². The molecule has 0 saturated carbocycles. The van der Waals surface area contributed by atoms with Gasteiger partial charge in [0.15, 0.2) is 0 Å². The molecule has 0 aromatic carbocycles. The van der Waals surface area contributed by atoms with Crippen molar-refractivity contribution in [2.45, 2.75) is 13.5 Å². The highest BCUT2D eigenvalue weighted by Gasteiger charge is 2.24. The van der Waals surface area contributed by atoms with Gasteiger partial charge in [-0.2, -0.15) is 10.1 Å². The molecule has 10 heteroatoms. The molecule has 0 bridgehead atoms. The highest BCUT2D eigenvalue weighted by atomic mass is 16.2. The molecule has 2 fully saturated rings. The SMILES string of the molecule is Cc1cc(N2CCN(C)CC2)nc(N2CCN(C(=O)Cn3cncn3)CC2)n1. The maximum absolute atomic E-state index is 12.4. The van der Waals surface area contributed by atoms with Crippen LogP contribution in [0.2, 0.25) is 0 Å². The van der Waals surface area contributed by atoms with Crippen LogP contribution in [-0.2, 0) is 11.3 Å². The van der Waals surface area contributed by atoms with E-state index in [2.05, 4.69) is 42.9 Å². The lowest BCUT2D eigenvalue weighted by molar-refractivity contribution is -0.132. The van der Waals surface area contributed by atoms with Crippen LogP contribution in [0, 0.1) is 6.92 Å². The van der Waals surface area contributed by atoms with Gasteiger partial charge < -0.3 is 19.6 Å². The minimum Gasteiger partial charge on any atom is -0.354 e. The molecule has 1 amide bonds. The van der Waals surface area contributed by atoms with Crippen LogP contribution in [0.15, 0.2) is 18.7 Å². The average Bonchev–Trinajstić information content (AvgIpc) is 3.21. The Morgan fingerprint density at radius 1 is 1.00 bits per heavy atom. The maximum atomic E-state index is 12.4. The number of amides is 1. The molecule has 0 aliphatic carbocycles. The first kappa shape index (κ1) is 18.6. The predicted octanol–water partition coefficient (Wildman–Crippen LogP) is -0.523. The number of aryl methyl sites for hydroxylation is 1. The Balaban J connectivity index is 1.38. The van der Waals surface area contributed by atoms with Crippen molar-refractivity contribution in [3.8, 4) is 0 Å². The summed E-state index contributed by atoms with van der Waals surface area (Å²) < 4.78 is 1.56. The van der Waals surface area contributed by atoms with Crippen molar-refractivity contribution >= 4 is 17.7 Å².